The minimum Gasteiger partial charge on any atom is -0.361 e. The number of nitrogens with one attached hydrogen (secondary N) is 3. The molecule has 3 aromatic heterocycles. The molecule has 0 unspecified atom stereocenters. The molecule has 0 radical (unpaired) electrons. The first-order valence-corrected chi connectivity index (χ1v) is 9.55. The third kappa shape index (κ3) is 2.95. The first kappa shape index (κ1) is 17.5. The number of hydrogen-bond donors (Lipinski definition) is 3. The third-order valence-corrected chi connectivity index (χ3v) is 5.43. The smallest absolute Gasteiger partial charge is 0.275 e. The molecule has 3 N–H and O–H groups in total. The van der Waals surface area contributed by atoms with E-state index in [2.05, 4.69) is 25.5 Å². The Kier molecular flexibility index (Phi) is 3.92. The van der Waals surface area contributed by atoms with Crippen molar-refractivity contribution < 1.29 is 13.6 Å². The Balaban J connectivity index is 1.68. The van der Waals surface area contributed by atoms with Crippen LogP contribution < -0.4 is 5.32 Å². The number of halogens is 2. The molecule has 5 aromatic rings. The fourth-order valence-electron chi connectivity index (χ4n) is 3.39. The van der Waals surface area contributed by atoms with Gasteiger partial charge in [-0.15, -0.1) is 11.3 Å². The van der Waals surface area contributed by atoms with Crippen LogP contribution in [0.2, 0.25) is 0 Å². The van der Waals surface area contributed by atoms with E-state index in [1.807, 2.05) is 6.07 Å². The largest absolute Gasteiger partial charge is 0.361 e. The number of carbonyl (C=O) groups is 1. The first-order valence-electron chi connectivity index (χ1n) is 8.68. The lowest BCUT2D eigenvalue weighted by atomic mass is 9.99. The van der Waals surface area contributed by atoms with Crippen molar-refractivity contribution in [3.63, 3.8) is 0 Å². The quantitative estimate of drug-likeness (QED) is 0.392. The van der Waals surface area contributed by atoms with Gasteiger partial charge in [0.05, 0.1) is 21.6 Å². The predicted molar refractivity (Wildman–Crippen MR) is 108 cm³/mol. The van der Waals surface area contributed by atoms with E-state index in [9.17, 15) is 13.6 Å². The van der Waals surface area contributed by atoms with Crippen molar-refractivity contribution in [1.82, 2.24) is 20.2 Å². The molecule has 0 bridgehead atoms. The number of hydrogen-bond acceptors (Lipinski definition) is 4. The number of rotatable bonds is 3. The highest BCUT2D eigenvalue weighted by atomic mass is 32.1. The van der Waals surface area contributed by atoms with Gasteiger partial charge < -0.3 is 10.3 Å². The molecule has 0 saturated heterocycles. The summed E-state index contributed by atoms with van der Waals surface area (Å²) in [5.41, 5.74) is 2.63. The van der Waals surface area contributed by atoms with Crippen LogP contribution in [-0.4, -0.2) is 26.1 Å². The van der Waals surface area contributed by atoms with Gasteiger partial charge >= 0.3 is 0 Å². The van der Waals surface area contributed by atoms with Crippen molar-refractivity contribution in [3.05, 3.63) is 64.4 Å². The lowest BCUT2D eigenvalue weighted by Gasteiger charge is -2.10. The molecule has 6 nitrogen and oxygen atoms in total. The lowest BCUT2D eigenvalue weighted by Crippen LogP contribution is -2.13. The number of fused-ring (bicyclic) bond motifs is 2. The second kappa shape index (κ2) is 6.49. The number of amides is 1. The first-order chi connectivity index (χ1) is 14.0. The van der Waals surface area contributed by atoms with Crippen LogP contribution in [0.25, 0.3) is 32.9 Å². The van der Waals surface area contributed by atoms with Crippen molar-refractivity contribution in [3.8, 4) is 11.1 Å². The number of benzene rings is 2. The Morgan fingerprint density at radius 1 is 1.21 bits per heavy atom. The summed E-state index contributed by atoms with van der Waals surface area (Å²) in [6.07, 6.45) is 1.72. The normalized spacial score (nSPS) is 11.4. The molecule has 29 heavy (non-hydrogen) atoms. The molecule has 5 rings (SSSR count). The average molecular weight is 409 g/mol. The monoisotopic (exact) mass is 409 g/mol. The van der Waals surface area contributed by atoms with Gasteiger partial charge in [-0.2, -0.15) is 9.49 Å². The molecule has 0 aliphatic carbocycles. The summed E-state index contributed by atoms with van der Waals surface area (Å²) in [5.74, 6) is -1.53. The van der Waals surface area contributed by atoms with Gasteiger partial charge in [-0.25, -0.2) is 9.37 Å². The zero-order valence-electron chi connectivity index (χ0n) is 15.0. The zero-order chi connectivity index (χ0) is 20.1. The Bertz CT molecular complexity index is 1400. The third-order valence-electron chi connectivity index (χ3n) is 4.66. The number of aromatic amines is 2. The van der Waals surface area contributed by atoms with Gasteiger partial charge in [0.15, 0.2) is 0 Å². The average Bonchev–Trinajstić information content (AvgIpc) is 3.41. The number of anilines is 1. The SMILES string of the molecule is Cc1nc(C(=O)Nc2cc(-c3cc(F)cc4[nH]ccc34)cc3n[nH]c(F)c23)cs1. The van der Waals surface area contributed by atoms with Crippen molar-refractivity contribution in [2.45, 2.75) is 6.92 Å². The van der Waals surface area contributed by atoms with E-state index in [0.29, 0.717) is 22.2 Å². The summed E-state index contributed by atoms with van der Waals surface area (Å²) in [6, 6.07) is 7.89. The standard InChI is InChI=1S/C20H13F2N5OS/c1-9-24-17(8-29-9)20(28)25-15-4-10(5-16-18(15)19(22)27-26-16)13-6-11(21)7-14-12(13)2-3-23-14/h2-8,23H,1H3,(H,25,28)(H,26,27). The molecule has 2 aromatic carbocycles. The zero-order valence-corrected chi connectivity index (χ0v) is 15.8. The number of aromatic nitrogens is 4. The van der Waals surface area contributed by atoms with Gasteiger partial charge in [0, 0.05) is 22.5 Å². The summed E-state index contributed by atoms with van der Waals surface area (Å²) in [5, 5.41) is 12.3. The van der Waals surface area contributed by atoms with Gasteiger partial charge in [-0.1, -0.05) is 0 Å². The number of carbonyl (C=O) groups excluding carboxylic acids is 1. The maximum atomic E-state index is 14.3. The Labute approximate surface area is 166 Å². The molecule has 144 valence electrons. The molecular weight excluding hydrogens is 396 g/mol. The van der Waals surface area contributed by atoms with E-state index in [-0.39, 0.29) is 16.8 Å². The van der Waals surface area contributed by atoms with Gasteiger partial charge in [-0.05, 0) is 48.4 Å². The van der Waals surface area contributed by atoms with Crippen LogP contribution in [0.3, 0.4) is 0 Å². The van der Waals surface area contributed by atoms with Crippen molar-refractivity contribution in [1.29, 1.82) is 0 Å². The Morgan fingerprint density at radius 2 is 2.07 bits per heavy atom. The van der Waals surface area contributed by atoms with Crippen molar-refractivity contribution in [2.24, 2.45) is 0 Å². The molecule has 0 fully saturated rings. The highest BCUT2D eigenvalue weighted by molar-refractivity contribution is 7.09. The molecule has 0 aliphatic rings. The van der Waals surface area contributed by atoms with Crippen LogP contribution in [0.15, 0.2) is 41.9 Å². The topological polar surface area (TPSA) is 86.5 Å². The minimum absolute atomic E-state index is 0.149. The maximum Gasteiger partial charge on any atom is 0.275 e. The van der Waals surface area contributed by atoms with E-state index in [4.69, 9.17) is 0 Å². The van der Waals surface area contributed by atoms with E-state index in [0.717, 1.165) is 10.4 Å². The Morgan fingerprint density at radius 3 is 2.86 bits per heavy atom. The molecule has 3 heterocycles. The van der Waals surface area contributed by atoms with E-state index < -0.39 is 17.7 Å². The molecule has 1 amide bonds. The summed E-state index contributed by atoms with van der Waals surface area (Å²) in [7, 11) is 0. The minimum atomic E-state index is -0.664. The highest BCUT2D eigenvalue weighted by Crippen LogP contribution is 2.35. The number of thiazole rings is 1. The summed E-state index contributed by atoms with van der Waals surface area (Å²) < 4.78 is 28.5. The summed E-state index contributed by atoms with van der Waals surface area (Å²) >= 11 is 1.35. The Hall–Kier alpha value is -3.59. The fraction of sp³-hybridized carbons (Fsp3) is 0.0500. The number of nitrogens with zero attached hydrogens (tertiary/aromatic N) is 2. The number of H-pyrrole nitrogens is 2. The molecule has 0 aliphatic heterocycles. The highest BCUT2D eigenvalue weighted by Gasteiger charge is 2.18. The maximum absolute atomic E-state index is 14.3. The van der Waals surface area contributed by atoms with Crippen molar-refractivity contribution >= 4 is 44.7 Å². The van der Waals surface area contributed by atoms with Gasteiger partial charge in [0.2, 0.25) is 5.95 Å². The predicted octanol–water partition coefficient (Wildman–Crippen LogP) is 5.01. The lowest BCUT2D eigenvalue weighted by molar-refractivity contribution is 0.102. The summed E-state index contributed by atoms with van der Waals surface area (Å²) in [6.45, 7) is 1.79. The molecule has 0 atom stereocenters. The van der Waals surface area contributed by atoms with Crippen molar-refractivity contribution in [2.75, 3.05) is 5.32 Å². The van der Waals surface area contributed by atoms with Crippen LogP contribution in [0.5, 0.6) is 0 Å². The number of aryl methyl sites for hydroxylation is 1. The van der Waals surface area contributed by atoms with Gasteiger partial charge in [0.25, 0.3) is 5.91 Å². The second-order valence-corrected chi connectivity index (χ2v) is 7.62. The molecule has 0 spiro atoms. The van der Waals surface area contributed by atoms with E-state index in [1.54, 1.807) is 30.6 Å². The molecule has 0 saturated carbocycles. The summed E-state index contributed by atoms with van der Waals surface area (Å²) in [4.78, 5) is 19.7. The van der Waals surface area contributed by atoms with Gasteiger partial charge in [-0.3, -0.25) is 9.89 Å². The van der Waals surface area contributed by atoms with E-state index in [1.165, 1.54) is 23.5 Å². The van der Waals surface area contributed by atoms with Crippen LogP contribution in [0.1, 0.15) is 15.5 Å². The molecule has 9 heteroatoms. The molecular formula is C20H13F2N5OS. The van der Waals surface area contributed by atoms with Crippen LogP contribution in [-0.2, 0) is 0 Å². The van der Waals surface area contributed by atoms with Crippen LogP contribution >= 0.6 is 11.3 Å². The fourth-order valence-corrected chi connectivity index (χ4v) is 3.98. The second-order valence-electron chi connectivity index (χ2n) is 6.55. The van der Waals surface area contributed by atoms with Gasteiger partial charge in [0.1, 0.15) is 11.5 Å². The van der Waals surface area contributed by atoms with E-state index >= 15 is 0 Å². The van der Waals surface area contributed by atoms with Crippen LogP contribution in [0.4, 0.5) is 14.5 Å². The van der Waals surface area contributed by atoms with Crippen LogP contribution in [0, 0.1) is 18.7 Å².